The average molecular weight is 260 g/mol. The van der Waals surface area contributed by atoms with Gasteiger partial charge in [-0.1, -0.05) is 43.2 Å². The second-order valence-corrected chi connectivity index (χ2v) is 5.95. The van der Waals surface area contributed by atoms with E-state index in [1.807, 2.05) is 0 Å². The van der Waals surface area contributed by atoms with Gasteiger partial charge in [0.15, 0.2) is 0 Å². The number of nitrogens with one attached hydrogen (secondary N) is 1. The summed E-state index contributed by atoms with van der Waals surface area (Å²) in [7, 11) is 2.24. The molecule has 2 rings (SSSR count). The van der Waals surface area contributed by atoms with E-state index < -0.39 is 0 Å². The van der Waals surface area contributed by atoms with Crippen LogP contribution in [-0.4, -0.2) is 37.1 Å². The third-order valence-electron chi connectivity index (χ3n) is 4.41. The number of hydrogen-bond acceptors (Lipinski definition) is 2. The zero-order valence-electron chi connectivity index (χ0n) is 12.4. The van der Waals surface area contributed by atoms with Crippen molar-refractivity contribution in [3.63, 3.8) is 0 Å². The van der Waals surface area contributed by atoms with Crippen LogP contribution in [0.25, 0.3) is 0 Å². The first-order valence-corrected chi connectivity index (χ1v) is 7.73. The number of benzene rings is 1. The predicted molar refractivity (Wildman–Crippen MR) is 82.5 cm³/mol. The third-order valence-corrected chi connectivity index (χ3v) is 4.41. The lowest BCUT2D eigenvalue weighted by atomic mass is 10.1. The monoisotopic (exact) mass is 260 g/mol. The average Bonchev–Trinajstić information content (AvgIpc) is 2.96. The fraction of sp³-hybridized carbons (Fsp3) is 0.647. The molecule has 0 radical (unpaired) electrons. The molecule has 1 fully saturated rings. The maximum atomic E-state index is 3.72. The Morgan fingerprint density at radius 1 is 1.21 bits per heavy atom. The maximum Gasteiger partial charge on any atom is 0.0189 e. The van der Waals surface area contributed by atoms with Crippen LogP contribution < -0.4 is 5.32 Å². The molecule has 1 unspecified atom stereocenters. The highest BCUT2D eigenvalue weighted by Crippen LogP contribution is 2.17. The highest BCUT2D eigenvalue weighted by atomic mass is 15.1. The fourth-order valence-electron chi connectivity index (χ4n) is 2.79. The molecular formula is C17H28N2. The standard InChI is InChI=1S/C17H28N2/c1-15(14-18-17-10-6-7-11-17)19(2)13-12-16-8-4-3-5-9-16/h3-5,8-9,15,17-18H,6-7,10-14H2,1-2H3. The van der Waals surface area contributed by atoms with E-state index in [0.717, 1.165) is 25.6 Å². The first-order valence-electron chi connectivity index (χ1n) is 7.73. The van der Waals surface area contributed by atoms with E-state index in [4.69, 9.17) is 0 Å². The quantitative estimate of drug-likeness (QED) is 0.810. The molecule has 1 saturated carbocycles. The van der Waals surface area contributed by atoms with Crippen molar-refractivity contribution < 1.29 is 0 Å². The molecule has 0 aliphatic heterocycles. The SMILES string of the molecule is CC(CNC1CCCC1)N(C)CCc1ccccc1. The Kier molecular flexibility index (Phi) is 5.87. The third kappa shape index (κ3) is 4.96. The normalized spacial score (nSPS) is 18.1. The highest BCUT2D eigenvalue weighted by Gasteiger charge is 2.16. The first kappa shape index (κ1) is 14.5. The van der Waals surface area contributed by atoms with Crippen molar-refractivity contribution in [2.24, 2.45) is 0 Å². The van der Waals surface area contributed by atoms with Crippen LogP contribution in [0, 0.1) is 0 Å². The van der Waals surface area contributed by atoms with E-state index in [0.29, 0.717) is 6.04 Å². The van der Waals surface area contributed by atoms with Crippen molar-refractivity contribution in [2.75, 3.05) is 20.1 Å². The van der Waals surface area contributed by atoms with Gasteiger partial charge in [-0.3, -0.25) is 0 Å². The molecule has 106 valence electrons. The molecule has 19 heavy (non-hydrogen) atoms. The Morgan fingerprint density at radius 2 is 1.89 bits per heavy atom. The van der Waals surface area contributed by atoms with Gasteiger partial charge in [-0.15, -0.1) is 0 Å². The number of rotatable bonds is 7. The van der Waals surface area contributed by atoms with Gasteiger partial charge in [0.1, 0.15) is 0 Å². The van der Waals surface area contributed by atoms with Crippen LogP contribution in [0.1, 0.15) is 38.2 Å². The fourth-order valence-corrected chi connectivity index (χ4v) is 2.79. The molecule has 2 heteroatoms. The minimum atomic E-state index is 0.615. The molecule has 1 aliphatic carbocycles. The molecule has 0 saturated heterocycles. The van der Waals surface area contributed by atoms with Crippen molar-refractivity contribution in [2.45, 2.75) is 51.1 Å². The molecule has 1 aromatic carbocycles. The van der Waals surface area contributed by atoms with Gasteiger partial charge in [-0.25, -0.2) is 0 Å². The van der Waals surface area contributed by atoms with E-state index in [1.54, 1.807) is 0 Å². The van der Waals surface area contributed by atoms with E-state index in [2.05, 4.69) is 54.5 Å². The zero-order chi connectivity index (χ0) is 13.5. The molecule has 0 heterocycles. The minimum Gasteiger partial charge on any atom is -0.312 e. The van der Waals surface area contributed by atoms with Crippen LogP contribution in [0.2, 0.25) is 0 Å². The molecule has 0 amide bonds. The number of likely N-dealkylation sites (N-methyl/N-ethyl adjacent to an activating group) is 1. The summed E-state index contributed by atoms with van der Waals surface area (Å²) in [6.07, 6.45) is 6.72. The summed E-state index contributed by atoms with van der Waals surface area (Å²) in [5, 5.41) is 3.72. The maximum absolute atomic E-state index is 3.72. The summed E-state index contributed by atoms with van der Waals surface area (Å²) in [4.78, 5) is 2.47. The number of nitrogens with zero attached hydrogens (tertiary/aromatic N) is 1. The van der Waals surface area contributed by atoms with E-state index in [-0.39, 0.29) is 0 Å². The molecule has 2 nitrogen and oxygen atoms in total. The van der Waals surface area contributed by atoms with Crippen molar-refractivity contribution in [1.29, 1.82) is 0 Å². The van der Waals surface area contributed by atoms with E-state index >= 15 is 0 Å². The Morgan fingerprint density at radius 3 is 2.58 bits per heavy atom. The van der Waals surface area contributed by atoms with Crippen LogP contribution in [0.3, 0.4) is 0 Å². The van der Waals surface area contributed by atoms with Crippen molar-refractivity contribution in [3.05, 3.63) is 35.9 Å². The Hall–Kier alpha value is -0.860. The van der Waals surface area contributed by atoms with Crippen LogP contribution in [-0.2, 0) is 6.42 Å². The zero-order valence-corrected chi connectivity index (χ0v) is 12.4. The lowest BCUT2D eigenvalue weighted by Crippen LogP contribution is -2.41. The Balaban J connectivity index is 1.65. The van der Waals surface area contributed by atoms with Crippen molar-refractivity contribution >= 4 is 0 Å². The van der Waals surface area contributed by atoms with Gasteiger partial charge in [-0.2, -0.15) is 0 Å². The largest absolute Gasteiger partial charge is 0.312 e. The summed E-state index contributed by atoms with van der Waals surface area (Å²) < 4.78 is 0. The molecule has 0 spiro atoms. The van der Waals surface area contributed by atoms with Crippen molar-refractivity contribution in [3.8, 4) is 0 Å². The van der Waals surface area contributed by atoms with Gasteiger partial charge < -0.3 is 10.2 Å². The lowest BCUT2D eigenvalue weighted by Gasteiger charge is -2.26. The Bertz CT molecular complexity index is 344. The second kappa shape index (κ2) is 7.66. The first-order chi connectivity index (χ1) is 9.25. The molecule has 1 aliphatic rings. The molecular weight excluding hydrogens is 232 g/mol. The lowest BCUT2D eigenvalue weighted by molar-refractivity contribution is 0.247. The Labute approximate surface area is 118 Å². The van der Waals surface area contributed by atoms with Crippen LogP contribution >= 0.6 is 0 Å². The van der Waals surface area contributed by atoms with Gasteiger partial charge in [0.05, 0.1) is 0 Å². The molecule has 1 aromatic rings. The summed E-state index contributed by atoms with van der Waals surface area (Å²) in [5.41, 5.74) is 1.44. The topological polar surface area (TPSA) is 15.3 Å². The second-order valence-electron chi connectivity index (χ2n) is 5.95. The molecule has 0 aromatic heterocycles. The van der Waals surface area contributed by atoms with Gasteiger partial charge >= 0.3 is 0 Å². The van der Waals surface area contributed by atoms with Crippen LogP contribution in [0.5, 0.6) is 0 Å². The summed E-state index contributed by atoms with van der Waals surface area (Å²) in [6.45, 7) is 4.58. The number of hydrogen-bond donors (Lipinski definition) is 1. The van der Waals surface area contributed by atoms with Gasteiger partial charge in [0, 0.05) is 25.2 Å². The summed E-state index contributed by atoms with van der Waals surface area (Å²) >= 11 is 0. The smallest absolute Gasteiger partial charge is 0.0189 e. The van der Waals surface area contributed by atoms with E-state index in [1.165, 1.54) is 31.2 Å². The van der Waals surface area contributed by atoms with Crippen LogP contribution in [0.15, 0.2) is 30.3 Å². The van der Waals surface area contributed by atoms with Gasteiger partial charge in [0.2, 0.25) is 0 Å². The van der Waals surface area contributed by atoms with Crippen LogP contribution in [0.4, 0.5) is 0 Å². The van der Waals surface area contributed by atoms with E-state index in [9.17, 15) is 0 Å². The molecule has 1 atom stereocenters. The van der Waals surface area contributed by atoms with Crippen molar-refractivity contribution in [1.82, 2.24) is 10.2 Å². The predicted octanol–water partition coefficient (Wildman–Crippen LogP) is 3.08. The molecule has 0 bridgehead atoms. The minimum absolute atomic E-state index is 0.615. The summed E-state index contributed by atoms with van der Waals surface area (Å²) in [5.74, 6) is 0. The van der Waals surface area contributed by atoms with Gasteiger partial charge in [0.25, 0.3) is 0 Å². The van der Waals surface area contributed by atoms with Gasteiger partial charge in [-0.05, 0) is 38.8 Å². The molecule has 1 N–H and O–H groups in total. The highest BCUT2D eigenvalue weighted by molar-refractivity contribution is 5.14. The summed E-state index contributed by atoms with van der Waals surface area (Å²) in [6, 6.07) is 12.2.